The summed E-state index contributed by atoms with van der Waals surface area (Å²) in [6, 6.07) is 8.59. The summed E-state index contributed by atoms with van der Waals surface area (Å²) in [6.07, 6.45) is 5.18. The van der Waals surface area contributed by atoms with Gasteiger partial charge >= 0.3 is 0 Å². The Morgan fingerprint density at radius 1 is 1.18 bits per heavy atom. The van der Waals surface area contributed by atoms with E-state index in [0.29, 0.717) is 29.5 Å². The zero-order valence-electron chi connectivity index (χ0n) is 15.0. The molecule has 0 heterocycles. The van der Waals surface area contributed by atoms with Gasteiger partial charge in [0.05, 0.1) is 0 Å². The highest BCUT2D eigenvalue weighted by molar-refractivity contribution is 5.83. The summed E-state index contributed by atoms with van der Waals surface area (Å²) in [7, 11) is 0. The molecule has 2 rings (SSSR count). The van der Waals surface area contributed by atoms with Gasteiger partial charge in [-0.3, -0.25) is 4.79 Å². The first-order chi connectivity index (χ1) is 10.3. The van der Waals surface area contributed by atoms with Crippen molar-refractivity contribution in [3.05, 3.63) is 35.4 Å². The van der Waals surface area contributed by atoms with Crippen LogP contribution < -0.4 is 0 Å². The maximum absolute atomic E-state index is 12.9. The van der Waals surface area contributed by atoms with Crippen molar-refractivity contribution in [1.82, 2.24) is 0 Å². The van der Waals surface area contributed by atoms with Gasteiger partial charge in [-0.05, 0) is 54.1 Å². The second-order valence-electron chi connectivity index (χ2n) is 8.23. The normalized spacial score (nSPS) is 24.5. The molecule has 0 spiro atoms. The van der Waals surface area contributed by atoms with Gasteiger partial charge in [0.25, 0.3) is 0 Å². The van der Waals surface area contributed by atoms with E-state index in [1.165, 1.54) is 24.0 Å². The van der Waals surface area contributed by atoms with Crippen LogP contribution in [0.1, 0.15) is 65.0 Å². The van der Waals surface area contributed by atoms with Crippen LogP contribution in [0.15, 0.2) is 24.3 Å². The number of rotatable bonds is 5. The highest BCUT2D eigenvalue weighted by Gasteiger charge is 2.39. The van der Waals surface area contributed by atoms with E-state index in [1.54, 1.807) is 0 Å². The fourth-order valence-corrected chi connectivity index (χ4v) is 3.98. The topological polar surface area (TPSA) is 17.1 Å². The molecule has 1 aromatic rings. The van der Waals surface area contributed by atoms with Crippen molar-refractivity contribution in [2.45, 2.75) is 66.7 Å². The number of hydrogen-bond acceptors (Lipinski definition) is 1. The predicted octanol–water partition coefficient (Wildman–Crippen LogP) is 5.46. The predicted molar refractivity (Wildman–Crippen MR) is 94.0 cm³/mol. The van der Waals surface area contributed by atoms with Gasteiger partial charge < -0.3 is 0 Å². The van der Waals surface area contributed by atoms with Gasteiger partial charge in [0.15, 0.2) is 0 Å². The van der Waals surface area contributed by atoms with Crippen molar-refractivity contribution in [2.24, 2.45) is 23.2 Å². The number of carbonyl (C=O) groups excluding carboxylic acids is 1. The Bertz CT molecular complexity index is 495. The Labute approximate surface area is 136 Å². The minimum absolute atomic E-state index is 0.245. The van der Waals surface area contributed by atoms with Gasteiger partial charge in [0, 0.05) is 12.3 Å². The van der Waals surface area contributed by atoms with Crippen LogP contribution in [-0.4, -0.2) is 5.78 Å². The maximum atomic E-state index is 12.9. The summed E-state index contributed by atoms with van der Waals surface area (Å²) in [5.74, 6) is 1.87. The Hall–Kier alpha value is -1.11. The van der Waals surface area contributed by atoms with Crippen LogP contribution in [0.4, 0.5) is 0 Å². The van der Waals surface area contributed by atoms with E-state index in [-0.39, 0.29) is 5.92 Å². The number of ketones is 1. The summed E-state index contributed by atoms with van der Waals surface area (Å²) < 4.78 is 0. The molecule has 0 amide bonds. The number of carbonyl (C=O) groups is 1. The minimum atomic E-state index is 0.245. The van der Waals surface area contributed by atoms with Crippen LogP contribution in [0.3, 0.4) is 0 Å². The molecular weight excluding hydrogens is 268 g/mol. The molecule has 0 saturated heterocycles. The van der Waals surface area contributed by atoms with Crippen molar-refractivity contribution < 1.29 is 4.79 Å². The van der Waals surface area contributed by atoms with Gasteiger partial charge in [0.2, 0.25) is 0 Å². The molecule has 1 saturated carbocycles. The van der Waals surface area contributed by atoms with E-state index in [1.807, 2.05) is 0 Å². The third kappa shape index (κ3) is 4.21. The van der Waals surface area contributed by atoms with Crippen molar-refractivity contribution >= 4 is 5.78 Å². The average molecular weight is 300 g/mol. The Kier molecular flexibility index (Phi) is 5.47. The van der Waals surface area contributed by atoms with Gasteiger partial charge in [-0.15, -0.1) is 0 Å². The smallest absolute Gasteiger partial charge is 0.140 e. The molecule has 122 valence electrons. The largest absolute Gasteiger partial charge is 0.299 e. The second kappa shape index (κ2) is 6.98. The van der Waals surface area contributed by atoms with E-state index in [9.17, 15) is 4.79 Å². The number of hydrogen-bond donors (Lipinski definition) is 0. The zero-order valence-corrected chi connectivity index (χ0v) is 15.0. The molecule has 1 heteroatoms. The molecule has 1 fully saturated rings. The zero-order chi connectivity index (χ0) is 16.3. The van der Waals surface area contributed by atoms with Gasteiger partial charge in [-0.2, -0.15) is 0 Å². The van der Waals surface area contributed by atoms with Gasteiger partial charge in [-0.25, -0.2) is 0 Å². The van der Waals surface area contributed by atoms with Crippen molar-refractivity contribution in [1.29, 1.82) is 0 Å². The minimum Gasteiger partial charge on any atom is -0.299 e. The molecule has 0 bridgehead atoms. The maximum Gasteiger partial charge on any atom is 0.140 e. The van der Waals surface area contributed by atoms with Crippen LogP contribution in [0, 0.1) is 23.2 Å². The summed E-state index contributed by atoms with van der Waals surface area (Å²) in [6.45, 7) is 11.4. The summed E-state index contributed by atoms with van der Waals surface area (Å²) >= 11 is 0. The Morgan fingerprint density at radius 2 is 1.77 bits per heavy atom. The van der Waals surface area contributed by atoms with Crippen molar-refractivity contribution in [3.63, 3.8) is 0 Å². The fourth-order valence-electron chi connectivity index (χ4n) is 3.98. The Balaban J connectivity index is 2.10. The summed E-state index contributed by atoms with van der Waals surface area (Å²) in [5, 5.41) is 0. The van der Waals surface area contributed by atoms with Crippen LogP contribution in [0.25, 0.3) is 0 Å². The lowest BCUT2D eigenvalue weighted by atomic mass is 9.62. The molecule has 22 heavy (non-hydrogen) atoms. The lowest BCUT2D eigenvalue weighted by Crippen LogP contribution is -2.37. The number of aryl methyl sites for hydroxylation is 1. The standard InChI is InChI=1S/C21H32O/c1-6-16-7-9-17(10-8-16)13-20(22)19-14-21(4,5)12-11-18(19)15(2)3/h7-10,15,18-19H,6,11-14H2,1-5H3/t18-,19+/m0/s1. The summed E-state index contributed by atoms with van der Waals surface area (Å²) in [4.78, 5) is 12.9. The SMILES string of the molecule is CCc1ccc(CC(=O)[C@@H]2CC(C)(C)CC[C@H]2C(C)C)cc1. The average Bonchev–Trinajstić information content (AvgIpc) is 2.46. The highest BCUT2D eigenvalue weighted by atomic mass is 16.1. The Morgan fingerprint density at radius 3 is 2.32 bits per heavy atom. The van der Waals surface area contributed by atoms with E-state index in [2.05, 4.69) is 58.9 Å². The van der Waals surface area contributed by atoms with Crippen molar-refractivity contribution in [2.75, 3.05) is 0 Å². The van der Waals surface area contributed by atoms with E-state index < -0.39 is 0 Å². The lowest BCUT2D eigenvalue weighted by Gasteiger charge is -2.42. The fraction of sp³-hybridized carbons (Fsp3) is 0.667. The third-order valence-corrected chi connectivity index (χ3v) is 5.52. The van der Waals surface area contributed by atoms with Gasteiger partial charge in [0.1, 0.15) is 5.78 Å². The van der Waals surface area contributed by atoms with E-state index >= 15 is 0 Å². The second-order valence-corrected chi connectivity index (χ2v) is 8.23. The molecule has 0 unspecified atom stereocenters. The highest BCUT2D eigenvalue weighted by Crippen LogP contribution is 2.45. The first-order valence-electron chi connectivity index (χ1n) is 8.93. The van der Waals surface area contributed by atoms with Gasteiger partial charge in [-0.1, -0.05) is 58.9 Å². The molecule has 0 N–H and O–H groups in total. The van der Waals surface area contributed by atoms with Crippen LogP contribution >= 0.6 is 0 Å². The molecule has 0 aromatic heterocycles. The molecule has 2 atom stereocenters. The van der Waals surface area contributed by atoms with Crippen LogP contribution in [0.2, 0.25) is 0 Å². The first kappa shape index (κ1) is 17.2. The molecule has 1 aliphatic rings. The van der Waals surface area contributed by atoms with E-state index in [0.717, 1.165) is 12.8 Å². The first-order valence-corrected chi connectivity index (χ1v) is 8.93. The third-order valence-electron chi connectivity index (χ3n) is 5.52. The van der Waals surface area contributed by atoms with Crippen molar-refractivity contribution in [3.8, 4) is 0 Å². The number of Topliss-reactive ketones (excluding diaryl/α,β-unsaturated/α-hetero) is 1. The molecule has 0 aliphatic heterocycles. The molecular formula is C21H32O. The van der Waals surface area contributed by atoms with E-state index in [4.69, 9.17) is 0 Å². The monoisotopic (exact) mass is 300 g/mol. The molecule has 1 nitrogen and oxygen atoms in total. The lowest BCUT2D eigenvalue weighted by molar-refractivity contribution is -0.127. The number of benzene rings is 1. The molecule has 1 aliphatic carbocycles. The van der Waals surface area contributed by atoms with Crippen LogP contribution in [0.5, 0.6) is 0 Å². The molecule has 0 radical (unpaired) electrons. The summed E-state index contributed by atoms with van der Waals surface area (Å²) in [5.41, 5.74) is 2.83. The quantitative estimate of drug-likeness (QED) is 0.705. The van der Waals surface area contributed by atoms with Crippen LogP contribution in [-0.2, 0) is 17.6 Å². The molecule has 1 aromatic carbocycles.